The van der Waals surface area contributed by atoms with E-state index >= 15 is 0 Å². The quantitative estimate of drug-likeness (QED) is 0.814. The van der Waals surface area contributed by atoms with Crippen LogP contribution in [0, 0.1) is 11.6 Å². The molecule has 2 aromatic rings. The fourth-order valence-electron chi connectivity index (χ4n) is 2.83. The van der Waals surface area contributed by atoms with Crippen LogP contribution in [-0.2, 0) is 6.54 Å². The fourth-order valence-corrected chi connectivity index (χ4v) is 2.83. The molecule has 0 amide bonds. The van der Waals surface area contributed by atoms with E-state index in [1.165, 1.54) is 6.07 Å². The van der Waals surface area contributed by atoms with Crippen LogP contribution in [0.5, 0.6) is 0 Å². The third-order valence-corrected chi connectivity index (χ3v) is 4.04. The number of nitrogens with zero attached hydrogens (tertiary/aromatic N) is 2. The first kappa shape index (κ1) is 14.8. The highest BCUT2D eigenvalue weighted by molar-refractivity contribution is 5.67. The zero-order chi connectivity index (χ0) is 15.5. The van der Waals surface area contributed by atoms with Crippen LogP contribution in [0.1, 0.15) is 40.7 Å². The Labute approximate surface area is 126 Å². The second-order valence-corrected chi connectivity index (χ2v) is 5.53. The first-order valence-electron chi connectivity index (χ1n) is 7.22. The van der Waals surface area contributed by atoms with Crippen molar-refractivity contribution in [1.29, 1.82) is 0 Å². The van der Waals surface area contributed by atoms with E-state index in [1.807, 2.05) is 0 Å². The maximum atomic E-state index is 13.2. The van der Waals surface area contributed by atoms with Gasteiger partial charge in [0.15, 0.2) is 11.6 Å². The molecule has 4 nitrogen and oxygen atoms in total. The van der Waals surface area contributed by atoms with Crippen LogP contribution in [0.25, 0.3) is 0 Å². The number of aromatic nitrogens is 1. The van der Waals surface area contributed by atoms with E-state index in [-0.39, 0.29) is 11.8 Å². The maximum Gasteiger partial charge on any atom is 0.259 e. The van der Waals surface area contributed by atoms with Gasteiger partial charge in [-0.2, -0.15) is 0 Å². The molecule has 22 heavy (non-hydrogen) atoms. The van der Waals surface area contributed by atoms with E-state index in [9.17, 15) is 13.6 Å². The number of oxazole rings is 1. The highest BCUT2D eigenvalue weighted by Gasteiger charge is 2.23. The predicted octanol–water partition coefficient (Wildman–Crippen LogP) is 3.14. The lowest BCUT2D eigenvalue weighted by Gasteiger charge is -2.31. The van der Waals surface area contributed by atoms with Gasteiger partial charge in [0.05, 0.1) is 5.69 Å². The van der Waals surface area contributed by atoms with Gasteiger partial charge in [-0.15, -0.1) is 0 Å². The number of aldehydes is 1. The van der Waals surface area contributed by atoms with Crippen molar-refractivity contribution in [1.82, 2.24) is 9.88 Å². The molecule has 1 fully saturated rings. The molecular weight excluding hydrogens is 290 g/mol. The standard InChI is InChI=1S/C16H16F2N2O2/c17-13-2-1-11(7-14(13)18)8-20-5-3-12(4-6-20)15-10-22-16(9-21)19-15/h1-2,7,9-10,12H,3-6,8H2. The number of benzene rings is 1. The molecule has 0 saturated carbocycles. The van der Waals surface area contributed by atoms with E-state index < -0.39 is 11.6 Å². The van der Waals surface area contributed by atoms with E-state index in [4.69, 9.17) is 4.42 Å². The first-order valence-corrected chi connectivity index (χ1v) is 7.22. The molecule has 1 aliphatic heterocycles. The third kappa shape index (κ3) is 3.22. The Morgan fingerprint density at radius 1 is 1.27 bits per heavy atom. The Balaban J connectivity index is 1.57. The number of hydrogen-bond acceptors (Lipinski definition) is 4. The highest BCUT2D eigenvalue weighted by Crippen LogP contribution is 2.28. The zero-order valence-electron chi connectivity index (χ0n) is 12.0. The summed E-state index contributed by atoms with van der Waals surface area (Å²) < 4.78 is 31.2. The number of piperidine rings is 1. The SMILES string of the molecule is O=Cc1nc(C2CCN(Cc3ccc(F)c(F)c3)CC2)co1. The largest absolute Gasteiger partial charge is 0.442 e. The van der Waals surface area contributed by atoms with Gasteiger partial charge in [-0.05, 0) is 43.6 Å². The summed E-state index contributed by atoms with van der Waals surface area (Å²) in [5, 5.41) is 0. The Morgan fingerprint density at radius 2 is 2.05 bits per heavy atom. The third-order valence-electron chi connectivity index (χ3n) is 4.04. The van der Waals surface area contributed by atoms with E-state index in [0.717, 1.165) is 43.3 Å². The van der Waals surface area contributed by atoms with Gasteiger partial charge >= 0.3 is 0 Å². The molecule has 1 aliphatic rings. The van der Waals surface area contributed by atoms with Gasteiger partial charge in [-0.25, -0.2) is 13.8 Å². The van der Waals surface area contributed by atoms with Gasteiger partial charge in [0.1, 0.15) is 6.26 Å². The van der Waals surface area contributed by atoms with Crippen LogP contribution in [0.2, 0.25) is 0 Å². The van der Waals surface area contributed by atoms with E-state index in [2.05, 4.69) is 9.88 Å². The molecule has 0 atom stereocenters. The first-order chi connectivity index (χ1) is 10.7. The van der Waals surface area contributed by atoms with E-state index in [1.54, 1.807) is 12.3 Å². The van der Waals surface area contributed by atoms with Crippen molar-refractivity contribution in [3.63, 3.8) is 0 Å². The van der Waals surface area contributed by atoms with Gasteiger partial charge < -0.3 is 4.42 Å². The van der Waals surface area contributed by atoms with E-state index in [0.29, 0.717) is 12.8 Å². The Bertz CT molecular complexity index is 664. The number of rotatable bonds is 4. The fraction of sp³-hybridized carbons (Fsp3) is 0.375. The summed E-state index contributed by atoms with van der Waals surface area (Å²) in [6, 6.07) is 4.02. The van der Waals surface area contributed by atoms with Crippen LogP contribution in [0.4, 0.5) is 8.78 Å². The summed E-state index contributed by atoms with van der Waals surface area (Å²) >= 11 is 0. The molecule has 0 N–H and O–H groups in total. The van der Waals surface area contributed by atoms with Crippen molar-refractivity contribution in [3.8, 4) is 0 Å². The Hall–Kier alpha value is -2.08. The van der Waals surface area contributed by atoms with Crippen molar-refractivity contribution in [2.24, 2.45) is 0 Å². The normalized spacial score (nSPS) is 16.8. The lowest BCUT2D eigenvalue weighted by atomic mass is 9.94. The number of carbonyl (C=O) groups is 1. The molecule has 6 heteroatoms. The van der Waals surface area contributed by atoms with Crippen molar-refractivity contribution < 1.29 is 18.0 Å². The van der Waals surface area contributed by atoms with Crippen LogP contribution in [-0.4, -0.2) is 29.3 Å². The predicted molar refractivity (Wildman–Crippen MR) is 75.5 cm³/mol. The van der Waals surface area contributed by atoms with Crippen molar-refractivity contribution in [3.05, 3.63) is 53.2 Å². The van der Waals surface area contributed by atoms with Gasteiger partial charge in [0.2, 0.25) is 6.29 Å². The zero-order valence-corrected chi connectivity index (χ0v) is 12.0. The Kier molecular flexibility index (Phi) is 4.29. The summed E-state index contributed by atoms with van der Waals surface area (Å²) in [5.41, 5.74) is 1.58. The minimum absolute atomic E-state index is 0.110. The Morgan fingerprint density at radius 3 is 2.68 bits per heavy atom. The minimum atomic E-state index is -0.820. The lowest BCUT2D eigenvalue weighted by Crippen LogP contribution is -2.32. The minimum Gasteiger partial charge on any atom is -0.442 e. The number of hydrogen-bond donors (Lipinski definition) is 0. The molecule has 0 bridgehead atoms. The number of likely N-dealkylation sites (tertiary alicyclic amines) is 1. The summed E-state index contributed by atoms with van der Waals surface area (Å²) in [5.74, 6) is -1.24. The summed E-state index contributed by atoms with van der Waals surface area (Å²) in [4.78, 5) is 16.9. The van der Waals surface area contributed by atoms with Crippen LogP contribution in [0.15, 0.2) is 28.9 Å². The average Bonchev–Trinajstić information content (AvgIpc) is 3.01. The topological polar surface area (TPSA) is 46.3 Å². The molecule has 116 valence electrons. The van der Waals surface area contributed by atoms with Gasteiger partial charge in [0, 0.05) is 12.5 Å². The van der Waals surface area contributed by atoms with Gasteiger partial charge in [-0.1, -0.05) is 6.07 Å². The van der Waals surface area contributed by atoms with Gasteiger partial charge in [-0.3, -0.25) is 9.69 Å². The number of carbonyl (C=O) groups excluding carboxylic acids is 1. The molecule has 1 aromatic carbocycles. The van der Waals surface area contributed by atoms with Gasteiger partial charge in [0.25, 0.3) is 5.89 Å². The average molecular weight is 306 g/mol. The van der Waals surface area contributed by atoms with Crippen molar-refractivity contribution in [2.75, 3.05) is 13.1 Å². The number of halogens is 2. The van der Waals surface area contributed by atoms with Crippen LogP contribution in [0.3, 0.4) is 0 Å². The molecule has 1 aromatic heterocycles. The molecule has 0 radical (unpaired) electrons. The molecule has 1 saturated heterocycles. The molecule has 0 unspecified atom stereocenters. The molecular formula is C16H16F2N2O2. The summed E-state index contributed by atoms with van der Waals surface area (Å²) in [6.45, 7) is 2.28. The lowest BCUT2D eigenvalue weighted by molar-refractivity contribution is 0.109. The van der Waals surface area contributed by atoms with Crippen LogP contribution >= 0.6 is 0 Å². The van der Waals surface area contributed by atoms with Crippen molar-refractivity contribution in [2.45, 2.75) is 25.3 Å². The monoisotopic (exact) mass is 306 g/mol. The second kappa shape index (κ2) is 6.36. The summed E-state index contributed by atoms with van der Waals surface area (Å²) in [7, 11) is 0. The van der Waals surface area contributed by atoms with Crippen LogP contribution < -0.4 is 0 Å². The summed E-state index contributed by atoms with van der Waals surface area (Å²) in [6.07, 6.45) is 3.93. The molecule has 3 rings (SSSR count). The van der Waals surface area contributed by atoms with Crippen molar-refractivity contribution >= 4 is 6.29 Å². The molecule has 2 heterocycles. The highest BCUT2D eigenvalue weighted by atomic mass is 19.2. The second-order valence-electron chi connectivity index (χ2n) is 5.53. The maximum absolute atomic E-state index is 13.2. The smallest absolute Gasteiger partial charge is 0.259 e. The molecule has 0 aliphatic carbocycles. The molecule has 0 spiro atoms.